The maximum atomic E-state index is 11.9. The molecule has 2 N–H and O–H groups in total. The van der Waals surface area contributed by atoms with E-state index >= 15 is 0 Å². The van der Waals surface area contributed by atoms with Gasteiger partial charge in [-0.05, 0) is 32.7 Å². The van der Waals surface area contributed by atoms with E-state index in [2.05, 4.69) is 22.5 Å². The predicted octanol–water partition coefficient (Wildman–Crippen LogP) is 1.07. The normalized spacial score (nSPS) is 29.1. The van der Waals surface area contributed by atoms with Crippen LogP contribution >= 0.6 is 11.8 Å². The predicted molar refractivity (Wildman–Crippen MR) is 81.6 cm³/mol. The summed E-state index contributed by atoms with van der Waals surface area (Å²) in [6, 6.07) is 0.744. The number of piperidine rings is 1. The van der Waals surface area contributed by atoms with Crippen LogP contribution in [0.15, 0.2) is 0 Å². The van der Waals surface area contributed by atoms with Gasteiger partial charge in [-0.2, -0.15) is 11.8 Å². The second-order valence-corrected chi connectivity index (χ2v) is 6.76. The van der Waals surface area contributed by atoms with Crippen LogP contribution in [0.4, 0.5) is 0 Å². The van der Waals surface area contributed by atoms with Crippen LogP contribution in [0.25, 0.3) is 0 Å². The van der Waals surface area contributed by atoms with E-state index in [1.807, 2.05) is 11.8 Å². The zero-order valence-corrected chi connectivity index (χ0v) is 12.8. The number of nitrogens with zero attached hydrogens (tertiary/aromatic N) is 1. The Kier molecular flexibility index (Phi) is 6.47. The Bertz CT molecular complexity index is 282. The Morgan fingerprint density at radius 2 is 2.37 bits per heavy atom. The van der Waals surface area contributed by atoms with E-state index in [-0.39, 0.29) is 11.9 Å². The first-order valence-corrected chi connectivity index (χ1v) is 8.76. The van der Waals surface area contributed by atoms with Crippen LogP contribution in [0.5, 0.6) is 0 Å². The van der Waals surface area contributed by atoms with E-state index in [9.17, 15) is 4.79 Å². The summed E-state index contributed by atoms with van der Waals surface area (Å²) in [7, 11) is 0. The molecule has 2 heterocycles. The van der Waals surface area contributed by atoms with Gasteiger partial charge in [-0.15, -0.1) is 0 Å². The van der Waals surface area contributed by atoms with Crippen molar-refractivity contribution in [2.75, 3.05) is 37.7 Å². The quantitative estimate of drug-likeness (QED) is 0.742. The van der Waals surface area contributed by atoms with Gasteiger partial charge in [0.05, 0.1) is 6.04 Å². The zero-order valence-electron chi connectivity index (χ0n) is 12.0. The van der Waals surface area contributed by atoms with Crippen molar-refractivity contribution in [2.24, 2.45) is 0 Å². The number of nitrogens with one attached hydrogen (secondary N) is 2. The lowest BCUT2D eigenvalue weighted by Gasteiger charge is -2.33. The topological polar surface area (TPSA) is 44.4 Å². The molecule has 0 aliphatic carbocycles. The molecule has 2 saturated heterocycles. The molecule has 2 aliphatic rings. The number of hydrogen-bond acceptors (Lipinski definition) is 4. The van der Waals surface area contributed by atoms with Gasteiger partial charge in [0.15, 0.2) is 0 Å². The van der Waals surface area contributed by atoms with Gasteiger partial charge in [0, 0.05) is 37.2 Å². The fourth-order valence-electron chi connectivity index (χ4n) is 2.84. The number of carbonyl (C=O) groups excluding carboxylic acids is 1. The number of amides is 1. The summed E-state index contributed by atoms with van der Waals surface area (Å²) in [6.45, 7) is 6.43. The fraction of sp³-hybridized carbons (Fsp3) is 0.929. The standard InChI is InChI=1S/C14H27N3OS/c1-12-5-2-3-8-17(12)9-4-6-16-14(18)13-11-19-10-7-15-13/h12-13,15H,2-11H2,1H3,(H,16,18). The Balaban J connectivity index is 1.56. The molecule has 2 rings (SSSR count). The highest BCUT2D eigenvalue weighted by Crippen LogP contribution is 2.16. The molecule has 2 atom stereocenters. The number of thioether (sulfide) groups is 1. The number of likely N-dealkylation sites (tertiary alicyclic amines) is 1. The highest BCUT2D eigenvalue weighted by atomic mass is 32.2. The van der Waals surface area contributed by atoms with Crippen LogP contribution in [0.1, 0.15) is 32.6 Å². The Hall–Kier alpha value is -0.260. The van der Waals surface area contributed by atoms with E-state index in [1.165, 1.54) is 25.8 Å². The highest BCUT2D eigenvalue weighted by Gasteiger charge is 2.21. The van der Waals surface area contributed by atoms with E-state index in [1.54, 1.807) is 0 Å². The summed E-state index contributed by atoms with van der Waals surface area (Å²) in [5.74, 6) is 2.21. The molecule has 0 aromatic rings. The Morgan fingerprint density at radius 3 is 3.11 bits per heavy atom. The molecule has 2 unspecified atom stereocenters. The van der Waals surface area contributed by atoms with Crippen molar-refractivity contribution < 1.29 is 4.79 Å². The molecule has 1 amide bonds. The molecule has 19 heavy (non-hydrogen) atoms. The van der Waals surface area contributed by atoms with Crippen LogP contribution in [-0.4, -0.2) is 60.6 Å². The van der Waals surface area contributed by atoms with Crippen molar-refractivity contribution >= 4 is 17.7 Å². The lowest BCUT2D eigenvalue weighted by Crippen LogP contribution is -2.49. The fourth-order valence-corrected chi connectivity index (χ4v) is 3.77. The monoisotopic (exact) mass is 285 g/mol. The van der Waals surface area contributed by atoms with Gasteiger partial charge in [0.2, 0.25) is 5.91 Å². The summed E-state index contributed by atoms with van der Waals surface area (Å²) < 4.78 is 0. The zero-order chi connectivity index (χ0) is 13.5. The van der Waals surface area contributed by atoms with Crippen molar-refractivity contribution in [2.45, 2.75) is 44.7 Å². The molecule has 0 aromatic carbocycles. The van der Waals surface area contributed by atoms with Gasteiger partial charge in [-0.3, -0.25) is 4.79 Å². The number of rotatable bonds is 5. The molecular formula is C14H27N3OS. The van der Waals surface area contributed by atoms with Gasteiger partial charge in [0.1, 0.15) is 0 Å². The van der Waals surface area contributed by atoms with Crippen LogP contribution in [-0.2, 0) is 4.79 Å². The first kappa shape index (κ1) is 15.1. The minimum atomic E-state index is 0.0210. The summed E-state index contributed by atoms with van der Waals surface area (Å²) in [6.07, 6.45) is 5.10. The third-order valence-corrected chi connectivity index (χ3v) is 5.16. The minimum Gasteiger partial charge on any atom is -0.355 e. The molecule has 4 nitrogen and oxygen atoms in total. The summed E-state index contributed by atoms with van der Waals surface area (Å²) in [5.41, 5.74) is 0. The largest absolute Gasteiger partial charge is 0.355 e. The van der Waals surface area contributed by atoms with E-state index in [0.29, 0.717) is 0 Å². The molecule has 2 fully saturated rings. The third kappa shape index (κ3) is 4.97. The summed E-state index contributed by atoms with van der Waals surface area (Å²) in [5, 5.41) is 6.34. The summed E-state index contributed by atoms with van der Waals surface area (Å²) >= 11 is 1.86. The van der Waals surface area contributed by atoms with E-state index < -0.39 is 0 Å². The van der Waals surface area contributed by atoms with E-state index in [0.717, 1.165) is 43.6 Å². The third-order valence-electron chi connectivity index (χ3n) is 4.10. The Labute approximate surface area is 121 Å². The lowest BCUT2D eigenvalue weighted by atomic mass is 10.0. The average molecular weight is 285 g/mol. The molecule has 5 heteroatoms. The van der Waals surface area contributed by atoms with Gasteiger partial charge < -0.3 is 15.5 Å². The summed E-state index contributed by atoms with van der Waals surface area (Å²) in [4.78, 5) is 14.5. The van der Waals surface area contributed by atoms with Crippen molar-refractivity contribution in [3.63, 3.8) is 0 Å². The van der Waals surface area contributed by atoms with Crippen molar-refractivity contribution in [1.29, 1.82) is 0 Å². The Morgan fingerprint density at radius 1 is 1.47 bits per heavy atom. The highest BCUT2D eigenvalue weighted by molar-refractivity contribution is 7.99. The van der Waals surface area contributed by atoms with Gasteiger partial charge >= 0.3 is 0 Å². The molecule has 2 aliphatic heterocycles. The van der Waals surface area contributed by atoms with Crippen molar-refractivity contribution in [1.82, 2.24) is 15.5 Å². The van der Waals surface area contributed by atoms with Crippen LogP contribution < -0.4 is 10.6 Å². The molecule has 0 saturated carbocycles. The van der Waals surface area contributed by atoms with E-state index in [4.69, 9.17) is 0 Å². The SMILES string of the molecule is CC1CCCCN1CCCNC(=O)C1CSCCN1. The second kappa shape index (κ2) is 8.12. The molecule has 0 aromatic heterocycles. The first-order valence-electron chi connectivity index (χ1n) is 7.60. The van der Waals surface area contributed by atoms with Gasteiger partial charge in [0.25, 0.3) is 0 Å². The average Bonchev–Trinajstić information content (AvgIpc) is 2.46. The maximum absolute atomic E-state index is 11.9. The molecule has 0 spiro atoms. The van der Waals surface area contributed by atoms with Crippen LogP contribution in [0, 0.1) is 0 Å². The maximum Gasteiger partial charge on any atom is 0.237 e. The molecular weight excluding hydrogens is 258 g/mol. The second-order valence-electron chi connectivity index (χ2n) is 5.61. The molecule has 0 radical (unpaired) electrons. The van der Waals surface area contributed by atoms with Gasteiger partial charge in [-0.1, -0.05) is 6.42 Å². The molecule has 110 valence electrons. The first-order chi connectivity index (χ1) is 9.27. The number of hydrogen-bond donors (Lipinski definition) is 2. The smallest absolute Gasteiger partial charge is 0.237 e. The minimum absolute atomic E-state index is 0.0210. The van der Waals surface area contributed by atoms with Gasteiger partial charge in [-0.25, -0.2) is 0 Å². The van der Waals surface area contributed by atoms with Crippen molar-refractivity contribution in [3.8, 4) is 0 Å². The number of carbonyl (C=O) groups is 1. The van der Waals surface area contributed by atoms with Crippen LogP contribution in [0.2, 0.25) is 0 Å². The van der Waals surface area contributed by atoms with Crippen molar-refractivity contribution in [3.05, 3.63) is 0 Å². The van der Waals surface area contributed by atoms with Crippen LogP contribution in [0.3, 0.4) is 0 Å². The molecule has 0 bridgehead atoms. The lowest BCUT2D eigenvalue weighted by molar-refractivity contribution is -0.122.